The van der Waals surface area contributed by atoms with Crippen molar-refractivity contribution in [2.24, 2.45) is 0 Å². The molecule has 2 N–H and O–H groups in total. The van der Waals surface area contributed by atoms with E-state index < -0.39 is 30.7 Å². The number of hydrogen-bond acceptors (Lipinski definition) is 6. The average Bonchev–Trinajstić information content (AvgIpc) is 2.84. The zero-order valence-corrected chi connectivity index (χ0v) is 17.7. The fourth-order valence-corrected chi connectivity index (χ4v) is 3.64. The Hall–Kier alpha value is -2.74. The standard InChI is InChI=1S/C26H28O6/c27-23-22(18-29-21-14-8-3-9-15-21)32-26(28)25(31-17-20-12-6-2-7-13-20)24(23)30-16-19-10-4-1-5-11-19/h1-15,22-28H,16-18H2/t22-,23+,24+,25-,26-/m0/s1. The van der Waals surface area contributed by atoms with Gasteiger partial charge in [-0.1, -0.05) is 78.9 Å². The lowest BCUT2D eigenvalue weighted by atomic mass is 9.98. The topological polar surface area (TPSA) is 77.4 Å². The summed E-state index contributed by atoms with van der Waals surface area (Å²) in [5, 5.41) is 21.8. The van der Waals surface area contributed by atoms with Crippen LogP contribution in [0.2, 0.25) is 0 Å². The van der Waals surface area contributed by atoms with Crippen LogP contribution in [0.15, 0.2) is 91.0 Å². The van der Waals surface area contributed by atoms with E-state index >= 15 is 0 Å². The molecule has 1 saturated heterocycles. The first-order chi connectivity index (χ1) is 15.7. The van der Waals surface area contributed by atoms with E-state index in [1.807, 2.05) is 91.0 Å². The Kier molecular flexibility index (Phi) is 7.87. The van der Waals surface area contributed by atoms with E-state index in [1.165, 1.54) is 0 Å². The van der Waals surface area contributed by atoms with Crippen molar-refractivity contribution < 1.29 is 29.2 Å². The van der Waals surface area contributed by atoms with Crippen LogP contribution in [0.1, 0.15) is 11.1 Å². The van der Waals surface area contributed by atoms with Crippen LogP contribution in [0, 0.1) is 0 Å². The predicted octanol–water partition coefficient (Wildman–Crippen LogP) is 3.31. The second-order valence-electron chi connectivity index (χ2n) is 7.70. The Morgan fingerprint density at radius 1 is 0.656 bits per heavy atom. The summed E-state index contributed by atoms with van der Waals surface area (Å²) in [6.45, 7) is 0.598. The van der Waals surface area contributed by atoms with Crippen LogP contribution in [0.5, 0.6) is 5.75 Å². The van der Waals surface area contributed by atoms with Gasteiger partial charge in [0.1, 0.15) is 36.8 Å². The lowest BCUT2D eigenvalue weighted by Crippen LogP contribution is -2.60. The number of aliphatic hydroxyl groups is 2. The number of rotatable bonds is 9. The van der Waals surface area contributed by atoms with E-state index in [0.717, 1.165) is 11.1 Å². The maximum atomic E-state index is 11.0. The van der Waals surface area contributed by atoms with Crippen LogP contribution in [0.25, 0.3) is 0 Å². The fraction of sp³-hybridized carbons (Fsp3) is 0.308. The molecule has 0 unspecified atom stereocenters. The van der Waals surface area contributed by atoms with Gasteiger partial charge in [-0.2, -0.15) is 0 Å². The zero-order chi connectivity index (χ0) is 22.2. The number of benzene rings is 3. The van der Waals surface area contributed by atoms with E-state index in [4.69, 9.17) is 18.9 Å². The maximum Gasteiger partial charge on any atom is 0.184 e. The molecular formula is C26H28O6. The van der Waals surface area contributed by atoms with Crippen molar-refractivity contribution >= 4 is 0 Å². The van der Waals surface area contributed by atoms with Crippen molar-refractivity contribution in [2.45, 2.75) is 43.9 Å². The zero-order valence-electron chi connectivity index (χ0n) is 17.7. The molecule has 0 spiro atoms. The van der Waals surface area contributed by atoms with Crippen LogP contribution in [-0.2, 0) is 27.4 Å². The van der Waals surface area contributed by atoms with Gasteiger partial charge in [0.15, 0.2) is 6.29 Å². The van der Waals surface area contributed by atoms with E-state index in [0.29, 0.717) is 5.75 Å². The van der Waals surface area contributed by atoms with Crippen molar-refractivity contribution in [1.82, 2.24) is 0 Å². The largest absolute Gasteiger partial charge is 0.491 e. The van der Waals surface area contributed by atoms with Crippen LogP contribution in [-0.4, -0.2) is 47.5 Å². The van der Waals surface area contributed by atoms with Gasteiger partial charge in [0, 0.05) is 0 Å². The van der Waals surface area contributed by atoms with Crippen molar-refractivity contribution in [3.05, 3.63) is 102 Å². The summed E-state index contributed by atoms with van der Waals surface area (Å²) >= 11 is 0. The Morgan fingerprint density at radius 2 is 1.16 bits per heavy atom. The van der Waals surface area contributed by atoms with E-state index in [2.05, 4.69) is 0 Å². The van der Waals surface area contributed by atoms with Crippen molar-refractivity contribution in [3.63, 3.8) is 0 Å². The first kappa shape index (κ1) is 22.5. The van der Waals surface area contributed by atoms with Gasteiger partial charge in [0.05, 0.1) is 13.2 Å². The third-order valence-electron chi connectivity index (χ3n) is 5.36. The molecule has 1 heterocycles. The molecule has 6 nitrogen and oxygen atoms in total. The highest BCUT2D eigenvalue weighted by atomic mass is 16.7. The fourth-order valence-electron chi connectivity index (χ4n) is 3.64. The Labute approximate surface area is 188 Å². The minimum atomic E-state index is -1.27. The Morgan fingerprint density at radius 3 is 1.72 bits per heavy atom. The number of ether oxygens (including phenoxy) is 4. The molecule has 1 fully saturated rings. The quantitative estimate of drug-likeness (QED) is 0.536. The number of aliphatic hydroxyl groups excluding tert-OH is 2. The van der Waals surface area contributed by atoms with Crippen molar-refractivity contribution in [1.29, 1.82) is 0 Å². The third kappa shape index (κ3) is 5.94. The molecule has 0 bridgehead atoms. The van der Waals surface area contributed by atoms with E-state index in [9.17, 15) is 10.2 Å². The molecular weight excluding hydrogens is 408 g/mol. The summed E-state index contributed by atoms with van der Waals surface area (Å²) in [7, 11) is 0. The van der Waals surface area contributed by atoms with Gasteiger partial charge in [-0.15, -0.1) is 0 Å². The summed E-state index contributed by atoms with van der Waals surface area (Å²) in [5.41, 5.74) is 1.91. The molecule has 32 heavy (non-hydrogen) atoms. The van der Waals surface area contributed by atoms with Gasteiger partial charge in [-0.05, 0) is 23.3 Å². The average molecular weight is 437 g/mol. The smallest absolute Gasteiger partial charge is 0.184 e. The van der Waals surface area contributed by atoms with Crippen LogP contribution < -0.4 is 4.74 Å². The minimum absolute atomic E-state index is 0.0683. The third-order valence-corrected chi connectivity index (χ3v) is 5.36. The van der Waals surface area contributed by atoms with Gasteiger partial charge in [-0.3, -0.25) is 0 Å². The molecule has 0 radical (unpaired) electrons. The molecule has 1 aliphatic rings. The summed E-state index contributed by atoms with van der Waals surface area (Å²) in [5.74, 6) is 0.655. The van der Waals surface area contributed by atoms with E-state index in [-0.39, 0.29) is 19.8 Å². The normalized spacial score (nSPS) is 25.4. The molecule has 168 valence electrons. The summed E-state index contributed by atoms with van der Waals surface area (Å²) < 4.78 is 23.5. The highest BCUT2D eigenvalue weighted by molar-refractivity contribution is 5.21. The summed E-state index contributed by atoms with van der Waals surface area (Å²) in [4.78, 5) is 0. The first-order valence-corrected chi connectivity index (χ1v) is 10.7. The number of para-hydroxylation sites is 1. The van der Waals surface area contributed by atoms with Gasteiger partial charge in [-0.25, -0.2) is 0 Å². The molecule has 3 aromatic rings. The van der Waals surface area contributed by atoms with E-state index in [1.54, 1.807) is 0 Å². The van der Waals surface area contributed by atoms with Crippen molar-refractivity contribution in [3.8, 4) is 5.75 Å². The summed E-state index contributed by atoms with van der Waals surface area (Å²) in [6.07, 6.45) is -4.75. The van der Waals surface area contributed by atoms with Gasteiger partial charge >= 0.3 is 0 Å². The van der Waals surface area contributed by atoms with Gasteiger partial charge in [0.2, 0.25) is 0 Å². The second-order valence-corrected chi connectivity index (χ2v) is 7.70. The van der Waals surface area contributed by atoms with Gasteiger partial charge in [0.25, 0.3) is 0 Å². The SMILES string of the molecule is O[C@H]1[C@@H](OCc2ccccc2)[C@H](OCc2ccccc2)[C@@H](O)O[C@H]1COc1ccccc1. The molecule has 1 aliphatic heterocycles. The molecule has 3 aromatic carbocycles. The summed E-state index contributed by atoms with van der Waals surface area (Å²) in [6, 6.07) is 28.6. The van der Waals surface area contributed by atoms with Crippen LogP contribution in [0.3, 0.4) is 0 Å². The number of hydrogen-bond donors (Lipinski definition) is 2. The van der Waals surface area contributed by atoms with Crippen LogP contribution in [0.4, 0.5) is 0 Å². The minimum Gasteiger partial charge on any atom is -0.491 e. The first-order valence-electron chi connectivity index (χ1n) is 10.7. The Balaban J connectivity index is 1.45. The second kappa shape index (κ2) is 11.2. The lowest BCUT2D eigenvalue weighted by molar-refractivity contribution is -0.306. The predicted molar refractivity (Wildman–Crippen MR) is 119 cm³/mol. The molecule has 0 amide bonds. The molecule has 0 aromatic heterocycles. The molecule has 5 atom stereocenters. The molecule has 0 saturated carbocycles. The Bertz CT molecular complexity index is 921. The monoisotopic (exact) mass is 436 g/mol. The highest BCUT2D eigenvalue weighted by Crippen LogP contribution is 2.27. The molecule has 4 rings (SSSR count). The molecule has 0 aliphatic carbocycles. The maximum absolute atomic E-state index is 11.0. The highest BCUT2D eigenvalue weighted by Gasteiger charge is 2.46. The lowest BCUT2D eigenvalue weighted by Gasteiger charge is -2.42. The molecule has 6 heteroatoms. The van der Waals surface area contributed by atoms with Crippen molar-refractivity contribution in [2.75, 3.05) is 6.61 Å². The van der Waals surface area contributed by atoms with Gasteiger partial charge < -0.3 is 29.2 Å². The van der Waals surface area contributed by atoms with Crippen LogP contribution >= 0.6 is 0 Å².